The molecule has 0 amide bonds. The number of benzene rings is 1. The fourth-order valence-electron chi connectivity index (χ4n) is 2.28. The van der Waals surface area contributed by atoms with E-state index in [1.165, 1.54) is 6.33 Å². The summed E-state index contributed by atoms with van der Waals surface area (Å²) in [5.74, 6) is 1.34. The van der Waals surface area contributed by atoms with Gasteiger partial charge in [0, 0.05) is 18.4 Å². The predicted octanol–water partition coefficient (Wildman–Crippen LogP) is 2.71. The number of aromatic nitrogens is 3. The lowest BCUT2D eigenvalue weighted by Crippen LogP contribution is -2.10. The van der Waals surface area contributed by atoms with Crippen molar-refractivity contribution in [2.75, 3.05) is 0 Å². The van der Waals surface area contributed by atoms with Gasteiger partial charge in [-0.25, -0.2) is 4.98 Å². The molecule has 0 radical (unpaired) electrons. The van der Waals surface area contributed by atoms with E-state index in [2.05, 4.69) is 17.0 Å². The van der Waals surface area contributed by atoms with Crippen LogP contribution in [-0.4, -0.2) is 19.9 Å². The zero-order chi connectivity index (χ0) is 13.9. The van der Waals surface area contributed by atoms with E-state index in [1.54, 1.807) is 0 Å². The smallest absolute Gasteiger partial charge is 0.138 e. The molecule has 2 heterocycles. The van der Waals surface area contributed by atoms with Crippen molar-refractivity contribution in [3.63, 3.8) is 0 Å². The number of hydrogen-bond donors (Lipinski definition) is 1. The van der Waals surface area contributed by atoms with Crippen molar-refractivity contribution in [3.8, 4) is 0 Å². The standard InChI is InChI=1S/C15H17N3O2/c1-2-7-18-15(16-10-17-18)9-12(19)14-8-11-5-3-4-6-13(11)20-14/h3-6,8,10,12,19H,2,7,9H2,1H3. The second-order valence-corrected chi connectivity index (χ2v) is 4.81. The van der Waals surface area contributed by atoms with Crippen LogP contribution >= 0.6 is 0 Å². The molecule has 0 spiro atoms. The molecule has 5 heteroatoms. The quantitative estimate of drug-likeness (QED) is 0.775. The van der Waals surface area contributed by atoms with E-state index in [4.69, 9.17) is 4.42 Å². The van der Waals surface area contributed by atoms with Crippen molar-refractivity contribution in [1.82, 2.24) is 14.8 Å². The molecule has 1 unspecified atom stereocenters. The van der Waals surface area contributed by atoms with E-state index >= 15 is 0 Å². The first-order valence-corrected chi connectivity index (χ1v) is 6.81. The van der Waals surface area contributed by atoms with Crippen LogP contribution in [0.2, 0.25) is 0 Å². The maximum absolute atomic E-state index is 10.3. The summed E-state index contributed by atoms with van der Waals surface area (Å²) in [6.45, 7) is 2.89. The number of fused-ring (bicyclic) bond motifs is 1. The van der Waals surface area contributed by atoms with E-state index in [-0.39, 0.29) is 0 Å². The van der Waals surface area contributed by atoms with Crippen molar-refractivity contribution in [2.45, 2.75) is 32.4 Å². The van der Waals surface area contributed by atoms with Crippen LogP contribution in [0, 0.1) is 0 Å². The molecule has 1 N–H and O–H groups in total. The highest BCUT2D eigenvalue weighted by Gasteiger charge is 2.17. The number of aryl methyl sites for hydroxylation is 1. The second kappa shape index (κ2) is 5.46. The first-order chi connectivity index (χ1) is 9.78. The number of aliphatic hydroxyl groups excluding tert-OH is 1. The lowest BCUT2D eigenvalue weighted by atomic mass is 10.1. The molecule has 0 aliphatic heterocycles. The fraction of sp³-hybridized carbons (Fsp3) is 0.333. The first kappa shape index (κ1) is 12.9. The predicted molar refractivity (Wildman–Crippen MR) is 75.2 cm³/mol. The maximum Gasteiger partial charge on any atom is 0.138 e. The van der Waals surface area contributed by atoms with Crippen molar-refractivity contribution in [3.05, 3.63) is 48.2 Å². The van der Waals surface area contributed by atoms with Gasteiger partial charge in [0.1, 0.15) is 29.6 Å². The van der Waals surface area contributed by atoms with Gasteiger partial charge >= 0.3 is 0 Å². The third-order valence-electron chi connectivity index (χ3n) is 3.28. The van der Waals surface area contributed by atoms with Gasteiger partial charge in [0.2, 0.25) is 0 Å². The Bertz CT molecular complexity index is 669. The molecule has 0 fully saturated rings. The summed E-state index contributed by atoms with van der Waals surface area (Å²) in [7, 11) is 0. The highest BCUT2D eigenvalue weighted by Crippen LogP contribution is 2.25. The van der Waals surface area contributed by atoms with Gasteiger partial charge in [-0.3, -0.25) is 4.68 Å². The van der Waals surface area contributed by atoms with Crippen LogP contribution in [0.25, 0.3) is 11.0 Å². The largest absolute Gasteiger partial charge is 0.458 e. The summed E-state index contributed by atoms with van der Waals surface area (Å²) in [4.78, 5) is 4.20. The van der Waals surface area contributed by atoms with Gasteiger partial charge in [0.25, 0.3) is 0 Å². The number of furan rings is 1. The van der Waals surface area contributed by atoms with Crippen LogP contribution in [0.4, 0.5) is 0 Å². The SMILES string of the molecule is CCCn1ncnc1CC(O)c1cc2ccccc2o1. The van der Waals surface area contributed by atoms with Crippen LogP contribution in [0.1, 0.15) is 31.0 Å². The summed E-state index contributed by atoms with van der Waals surface area (Å²) in [6.07, 6.45) is 2.20. The van der Waals surface area contributed by atoms with Gasteiger partial charge in [0.05, 0.1) is 0 Å². The Labute approximate surface area is 116 Å². The third kappa shape index (κ3) is 2.44. The number of aliphatic hydroxyl groups is 1. The molecule has 104 valence electrons. The molecule has 2 aromatic heterocycles. The number of nitrogens with zero attached hydrogens (tertiary/aromatic N) is 3. The monoisotopic (exact) mass is 271 g/mol. The molecular weight excluding hydrogens is 254 g/mol. The zero-order valence-corrected chi connectivity index (χ0v) is 11.4. The summed E-state index contributed by atoms with van der Waals surface area (Å²) in [6, 6.07) is 9.60. The lowest BCUT2D eigenvalue weighted by Gasteiger charge is -2.08. The van der Waals surface area contributed by atoms with E-state index < -0.39 is 6.10 Å². The topological polar surface area (TPSA) is 64.1 Å². The highest BCUT2D eigenvalue weighted by molar-refractivity contribution is 5.77. The highest BCUT2D eigenvalue weighted by atomic mass is 16.4. The van der Waals surface area contributed by atoms with Gasteiger partial charge in [-0.1, -0.05) is 25.1 Å². The van der Waals surface area contributed by atoms with Crippen molar-refractivity contribution in [1.29, 1.82) is 0 Å². The average molecular weight is 271 g/mol. The Morgan fingerprint density at radius 2 is 2.20 bits per heavy atom. The van der Waals surface area contributed by atoms with E-state index in [1.807, 2.05) is 35.0 Å². The summed E-state index contributed by atoms with van der Waals surface area (Å²) < 4.78 is 7.50. The van der Waals surface area contributed by atoms with Gasteiger partial charge in [-0.2, -0.15) is 5.10 Å². The molecule has 0 aliphatic rings. The first-order valence-electron chi connectivity index (χ1n) is 6.81. The van der Waals surface area contributed by atoms with Crippen LogP contribution in [-0.2, 0) is 13.0 Å². The molecule has 1 atom stereocenters. The molecule has 5 nitrogen and oxygen atoms in total. The minimum absolute atomic E-state index is 0.403. The molecule has 0 saturated carbocycles. The van der Waals surface area contributed by atoms with Crippen molar-refractivity contribution >= 4 is 11.0 Å². The van der Waals surface area contributed by atoms with Crippen LogP contribution in [0.5, 0.6) is 0 Å². The molecule has 20 heavy (non-hydrogen) atoms. The van der Waals surface area contributed by atoms with Crippen molar-refractivity contribution in [2.24, 2.45) is 0 Å². The molecule has 3 rings (SSSR count). The fourth-order valence-corrected chi connectivity index (χ4v) is 2.28. The second-order valence-electron chi connectivity index (χ2n) is 4.81. The third-order valence-corrected chi connectivity index (χ3v) is 3.28. The Hall–Kier alpha value is -2.14. The van der Waals surface area contributed by atoms with E-state index in [9.17, 15) is 5.11 Å². The Morgan fingerprint density at radius 1 is 1.35 bits per heavy atom. The molecule has 1 aromatic carbocycles. The van der Waals surface area contributed by atoms with Gasteiger partial charge in [0.15, 0.2) is 0 Å². The van der Waals surface area contributed by atoms with E-state index in [0.717, 1.165) is 29.8 Å². The van der Waals surface area contributed by atoms with Crippen LogP contribution < -0.4 is 0 Å². The van der Waals surface area contributed by atoms with Crippen molar-refractivity contribution < 1.29 is 9.52 Å². The molecule has 0 bridgehead atoms. The number of hydrogen-bond acceptors (Lipinski definition) is 4. The van der Waals surface area contributed by atoms with E-state index in [0.29, 0.717) is 12.2 Å². The van der Waals surface area contributed by atoms with Crippen LogP contribution in [0.3, 0.4) is 0 Å². The molecule has 0 saturated heterocycles. The maximum atomic E-state index is 10.3. The van der Waals surface area contributed by atoms with Gasteiger partial charge < -0.3 is 9.52 Å². The molecule has 0 aliphatic carbocycles. The number of para-hydroxylation sites is 1. The Morgan fingerprint density at radius 3 is 3.00 bits per heavy atom. The minimum atomic E-state index is -0.706. The summed E-state index contributed by atoms with van der Waals surface area (Å²) in [5, 5.41) is 15.5. The summed E-state index contributed by atoms with van der Waals surface area (Å²) >= 11 is 0. The minimum Gasteiger partial charge on any atom is -0.458 e. The Balaban J connectivity index is 1.81. The normalized spacial score (nSPS) is 12.9. The summed E-state index contributed by atoms with van der Waals surface area (Å²) in [5.41, 5.74) is 0.788. The van der Waals surface area contributed by atoms with Gasteiger partial charge in [-0.15, -0.1) is 0 Å². The molecular formula is C15H17N3O2. The van der Waals surface area contributed by atoms with Gasteiger partial charge in [-0.05, 0) is 18.6 Å². The zero-order valence-electron chi connectivity index (χ0n) is 11.4. The average Bonchev–Trinajstić information content (AvgIpc) is 3.06. The molecule has 3 aromatic rings. The Kier molecular flexibility index (Phi) is 3.52. The lowest BCUT2D eigenvalue weighted by molar-refractivity contribution is 0.148. The van der Waals surface area contributed by atoms with Crippen LogP contribution in [0.15, 0.2) is 41.1 Å². The number of rotatable bonds is 5.